The maximum absolute atomic E-state index is 5.90. The van der Waals surface area contributed by atoms with Gasteiger partial charge in [0.2, 0.25) is 0 Å². The fourth-order valence-corrected chi connectivity index (χ4v) is 1.82. The zero-order valence-corrected chi connectivity index (χ0v) is 18.5. The minimum absolute atomic E-state index is 0.0165. The van der Waals surface area contributed by atoms with Crippen LogP contribution in [0.25, 0.3) is 0 Å². The highest BCUT2D eigenvalue weighted by molar-refractivity contribution is 7.80. The zero-order chi connectivity index (χ0) is 19.9. The van der Waals surface area contributed by atoms with Crippen LogP contribution in [-0.4, -0.2) is 24.9 Å². The smallest absolute Gasteiger partial charge is 0.170 e. The Bertz CT molecular complexity index is 437. The Kier molecular flexibility index (Phi) is 14.7. The maximum Gasteiger partial charge on any atom is 0.170 e. The van der Waals surface area contributed by atoms with Gasteiger partial charge in [-0.25, -0.2) is 0 Å². The molecule has 0 fully saturated rings. The van der Waals surface area contributed by atoms with Crippen molar-refractivity contribution in [2.75, 3.05) is 19.8 Å². The molecule has 25 heavy (non-hydrogen) atoms. The number of rotatable bonds is 10. The van der Waals surface area contributed by atoms with Crippen molar-refractivity contribution in [3.8, 4) is 0 Å². The van der Waals surface area contributed by atoms with E-state index in [1.165, 1.54) is 0 Å². The first-order valence-electron chi connectivity index (χ1n) is 9.24. The van der Waals surface area contributed by atoms with Gasteiger partial charge in [-0.1, -0.05) is 73.3 Å². The lowest BCUT2D eigenvalue weighted by molar-refractivity contribution is 0.0155. The van der Waals surface area contributed by atoms with Gasteiger partial charge in [0.1, 0.15) is 0 Å². The summed E-state index contributed by atoms with van der Waals surface area (Å²) in [6.45, 7) is 22.9. The molecule has 0 aromatic rings. The van der Waals surface area contributed by atoms with E-state index in [1.54, 1.807) is 6.08 Å². The molecule has 0 saturated heterocycles. The summed E-state index contributed by atoms with van der Waals surface area (Å²) in [5.74, 6) is 0. The van der Waals surface area contributed by atoms with Crippen molar-refractivity contribution in [3.63, 3.8) is 0 Å². The van der Waals surface area contributed by atoms with Crippen molar-refractivity contribution in [2.24, 2.45) is 10.8 Å². The maximum atomic E-state index is 5.90. The summed E-state index contributed by atoms with van der Waals surface area (Å²) >= 11 is 5.34. The Balaban J connectivity index is 0. The molecule has 0 aliphatic carbocycles. The van der Waals surface area contributed by atoms with Gasteiger partial charge in [-0.05, 0) is 37.1 Å². The molecule has 146 valence electrons. The van der Waals surface area contributed by atoms with Gasteiger partial charge >= 0.3 is 0 Å². The van der Waals surface area contributed by atoms with E-state index in [2.05, 4.69) is 51.8 Å². The van der Waals surface area contributed by atoms with E-state index in [0.29, 0.717) is 11.7 Å². The van der Waals surface area contributed by atoms with Crippen molar-refractivity contribution < 1.29 is 4.74 Å². The molecule has 3 nitrogen and oxygen atoms in total. The standard InChI is InChI=1S/C19H34N2OS.C2H6/c1-8-11-12-16(9-2)21-17(23)20-13-19(6,7)15-22-14-18(4,5)10-3;1-2/h8-9,11-12H,1,10,13-15H2,2-7H3,(H2,20,21,23);1-2H3/b12-11-,16-9+;. The normalized spacial score (nSPS) is 12.4. The highest BCUT2D eigenvalue weighted by Crippen LogP contribution is 2.22. The predicted octanol–water partition coefficient (Wildman–Crippen LogP) is 5.60. The van der Waals surface area contributed by atoms with E-state index in [0.717, 1.165) is 25.3 Å². The average Bonchev–Trinajstić information content (AvgIpc) is 2.58. The van der Waals surface area contributed by atoms with Crippen LogP contribution >= 0.6 is 12.2 Å². The topological polar surface area (TPSA) is 33.3 Å². The van der Waals surface area contributed by atoms with Gasteiger partial charge in [0, 0.05) is 17.7 Å². The van der Waals surface area contributed by atoms with E-state index >= 15 is 0 Å². The van der Waals surface area contributed by atoms with Crippen LogP contribution in [0.1, 0.15) is 61.8 Å². The van der Waals surface area contributed by atoms with Gasteiger partial charge in [0.05, 0.1) is 13.2 Å². The molecule has 0 aliphatic heterocycles. The predicted molar refractivity (Wildman–Crippen MR) is 117 cm³/mol. The summed E-state index contributed by atoms with van der Waals surface area (Å²) in [7, 11) is 0. The Labute approximate surface area is 162 Å². The van der Waals surface area contributed by atoms with E-state index in [9.17, 15) is 0 Å². The molecule has 4 heteroatoms. The molecule has 0 atom stereocenters. The van der Waals surface area contributed by atoms with Gasteiger partial charge in [-0.2, -0.15) is 0 Å². The number of thiocarbonyl (C=S) groups is 1. The molecule has 0 aliphatic rings. The first-order chi connectivity index (χ1) is 11.7. The van der Waals surface area contributed by atoms with Crippen LogP contribution in [0.3, 0.4) is 0 Å². The van der Waals surface area contributed by atoms with E-state index in [-0.39, 0.29) is 10.8 Å². The van der Waals surface area contributed by atoms with Crippen LogP contribution in [0.2, 0.25) is 0 Å². The molecule has 0 unspecified atom stereocenters. The van der Waals surface area contributed by atoms with Crippen LogP contribution in [0.5, 0.6) is 0 Å². The second kappa shape index (κ2) is 14.1. The molecule has 0 heterocycles. The molecule has 0 aromatic heterocycles. The van der Waals surface area contributed by atoms with Gasteiger partial charge in [-0.3, -0.25) is 0 Å². The lowest BCUT2D eigenvalue weighted by Gasteiger charge is -2.29. The summed E-state index contributed by atoms with van der Waals surface area (Å²) < 4.78 is 5.90. The molecule has 0 rings (SSSR count). The van der Waals surface area contributed by atoms with Gasteiger partial charge in [0.15, 0.2) is 5.11 Å². The number of ether oxygens (including phenoxy) is 1. The van der Waals surface area contributed by atoms with Crippen LogP contribution in [-0.2, 0) is 4.74 Å². The van der Waals surface area contributed by atoms with Crippen molar-refractivity contribution in [3.05, 3.63) is 36.6 Å². The monoisotopic (exact) mass is 368 g/mol. The third kappa shape index (κ3) is 14.9. The van der Waals surface area contributed by atoms with Crippen molar-refractivity contribution in [1.29, 1.82) is 0 Å². The second-order valence-electron chi connectivity index (χ2n) is 7.32. The Hall–Kier alpha value is -1.13. The summed E-state index contributed by atoms with van der Waals surface area (Å²) in [5.41, 5.74) is 1.20. The molecule has 0 saturated carbocycles. The molecule has 0 bridgehead atoms. The number of allylic oxidation sites excluding steroid dienone is 4. The molecule has 0 aromatic carbocycles. The Morgan fingerprint density at radius 2 is 1.68 bits per heavy atom. The van der Waals surface area contributed by atoms with Crippen molar-refractivity contribution >= 4 is 17.3 Å². The molecule has 0 radical (unpaired) electrons. The summed E-state index contributed by atoms with van der Waals surface area (Å²) in [4.78, 5) is 0. The largest absolute Gasteiger partial charge is 0.380 e. The van der Waals surface area contributed by atoms with E-state index < -0.39 is 0 Å². The Morgan fingerprint density at radius 3 is 2.16 bits per heavy atom. The van der Waals surface area contributed by atoms with E-state index in [1.807, 2.05) is 39.0 Å². The third-order valence-electron chi connectivity index (χ3n) is 3.65. The third-order valence-corrected chi connectivity index (χ3v) is 3.90. The van der Waals surface area contributed by atoms with Gasteiger partial charge in [0.25, 0.3) is 0 Å². The fraction of sp³-hybridized carbons (Fsp3) is 0.667. The van der Waals surface area contributed by atoms with Gasteiger partial charge < -0.3 is 15.4 Å². The van der Waals surface area contributed by atoms with Crippen LogP contribution in [0.15, 0.2) is 36.6 Å². The number of hydrogen-bond donors (Lipinski definition) is 2. The van der Waals surface area contributed by atoms with Crippen molar-refractivity contribution in [1.82, 2.24) is 10.6 Å². The minimum Gasteiger partial charge on any atom is -0.380 e. The summed E-state index contributed by atoms with van der Waals surface area (Å²) in [6, 6.07) is 0. The molecular formula is C21H40N2OS. The fourth-order valence-electron chi connectivity index (χ4n) is 1.63. The van der Waals surface area contributed by atoms with Crippen LogP contribution < -0.4 is 10.6 Å². The molecule has 0 amide bonds. The SMILES string of the molecule is C=C/C=C\C(=C/C)NC(=S)NCC(C)(C)COCC(C)(C)CC.CC. The summed E-state index contributed by atoms with van der Waals surface area (Å²) in [5, 5.41) is 7.05. The zero-order valence-electron chi connectivity index (χ0n) is 17.7. The lowest BCUT2D eigenvalue weighted by Crippen LogP contribution is -2.41. The highest BCUT2D eigenvalue weighted by Gasteiger charge is 2.21. The second-order valence-corrected chi connectivity index (χ2v) is 7.73. The van der Waals surface area contributed by atoms with Crippen LogP contribution in [0.4, 0.5) is 0 Å². The minimum atomic E-state index is 0.0165. The quantitative estimate of drug-likeness (QED) is 0.388. The first-order valence-corrected chi connectivity index (χ1v) is 9.64. The summed E-state index contributed by atoms with van der Waals surface area (Å²) in [6.07, 6.45) is 8.62. The van der Waals surface area contributed by atoms with Crippen LogP contribution in [0, 0.1) is 10.8 Å². The number of nitrogens with one attached hydrogen (secondary N) is 2. The molecule has 2 N–H and O–H groups in total. The molecule has 0 spiro atoms. The van der Waals surface area contributed by atoms with Crippen molar-refractivity contribution in [2.45, 2.75) is 61.8 Å². The van der Waals surface area contributed by atoms with E-state index in [4.69, 9.17) is 17.0 Å². The average molecular weight is 369 g/mol. The Morgan fingerprint density at radius 1 is 1.12 bits per heavy atom. The first kappa shape index (κ1) is 26.1. The molecular weight excluding hydrogens is 328 g/mol. The lowest BCUT2D eigenvalue weighted by atomic mass is 9.91. The highest BCUT2D eigenvalue weighted by atomic mass is 32.1. The van der Waals surface area contributed by atoms with Gasteiger partial charge in [-0.15, -0.1) is 0 Å². The number of hydrogen-bond acceptors (Lipinski definition) is 2.